The fourth-order valence-electron chi connectivity index (χ4n) is 0.540. The van der Waals surface area contributed by atoms with Crippen LogP contribution in [0.5, 0.6) is 0 Å². The summed E-state index contributed by atoms with van der Waals surface area (Å²) >= 11 is 8.73. The molecule has 6 heteroatoms. The molecule has 1 N–H and O–H groups in total. The molecule has 0 unspecified atom stereocenters. The highest BCUT2D eigenvalue weighted by molar-refractivity contribution is 14.1. The van der Waals surface area contributed by atoms with Gasteiger partial charge in [0.25, 0.3) is 0 Å². The van der Waals surface area contributed by atoms with Crippen molar-refractivity contribution in [3.63, 3.8) is 0 Å². The minimum atomic E-state index is -0.0587. The number of nitrogens with zero attached hydrogens (tertiary/aromatic N) is 1. The first-order valence-electron chi connectivity index (χ1n) is 2.71. The number of aromatic nitrogens is 1. The molecule has 1 heterocycles. The molecule has 0 aromatic carbocycles. The van der Waals surface area contributed by atoms with Gasteiger partial charge in [0, 0.05) is 5.38 Å². The molecule has 0 atom stereocenters. The van der Waals surface area contributed by atoms with Gasteiger partial charge in [-0.05, 0) is 0 Å². The van der Waals surface area contributed by atoms with Crippen molar-refractivity contribution in [3.8, 4) is 0 Å². The van der Waals surface area contributed by atoms with Gasteiger partial charge in [0.05, 0.1) is 29.3 Å². The Bertz CT molecular complexity index is 265. The van der Waals surface area contributed by atoms with Crippen molar-refractivity contribution in [2.45, 2.75) is 6.42 Å². The van der Waals surface area contributed by atoms with Gasteiger partial charge in [-0.25, -0.2) is 4.98 Å². The van der Waals surface area contributed by atoms with Crippen LogP contribution >= 0.6 is 45.8 Å². The third-order valence-corrected chi connectivity index (χ3v) is 2.71. The molecule has 0 aliphatic heterocycles. The summed E-state index contributed by atoms with van der Waals surface area (Å²) < 4.78 is 2.48. The number of thiazole rings is 1. The molecule has 0 spiro atoms. The highest BCUT2D eigenvalue weighted by Crippen LogP contribution is 2.14. The number of halogens is 2. The molecule has 1 aromatic heterocycles. The first-order valence-corrected chi connectivity index (χ1v) is 5.05. The van der Waals surface area contributed by atoms with Crippen molar-refractivity contribution in [2.24, 2.45) is 0 Å². The first kappa shape index (κ1) is 9.21. The van der Waals surface area contributed by atoms with Crippen LogP contribution in [0, 0.1) is 0 Å². The van der Waals surface area contributed by atoms with E-state index in [9.17, 15) is 4.79 Å². The Balaban J connectivity index is 2.57. The summed E-state index contributed by atoms with van der Waals surface area (Å²) in [7, 11) is 0. The van der Waals surface area contributed by atoms with Crippen LogP contribution in [-0.4, -0.2) is 10.9 Å². The largest absolute Gasteiger partial charge is 0.298 e. The van der Waals surface area contributed by atoms with E-state index < -0.39 is 0 Å². The number of carbonyl (C=O) groups is 1. The third-order valence-electron chi connectivity index (χ3n) is 0.941. The van der Waals surface area contributed by atoms with Crippen molar-refractivity contribution in [3.05, 3.63) is 15.5 Å². The van der Waals surface area contributed by atoms with Gasteiger partial charge in [-0.2, -0.15) is 0 Å². The normalized spacial score (nSPS) is 9.64. The van der Waals surface area contributed by atoms with Crippen molar-refractivity contribution in [1.29, 1.82) is 0 Å². The van der Waals surface area contributed by atoms with Gasteiger partial charge >= 0.3 is 0 Å². The summed E-state index contributed by atoms with van der Waals surface area (Å²) in [5.41, 5.74) is 0. The second-order valence-corrected chi connectivity index (χ2v) is 3.63. The molecular formula is C5H4ClIN2OS. The minimum absolute atomic E-state index is 0.0587. The lowest BCUT2D eigenvalue weighted by Crippen LogP contribution is -2.13. The number of carbonyl (C=O) groups excluding carboxylic acids is 1. The SMILES string of the molecule is O=C(Cc1nc(Cl)cs1)NI. The molecule has 1 amide bonds. The smallest absolute Gasteiger partial charge is 0.235 e. The quantitative estimate of drug-likeness (QED) is 0.669. The van der Waals surface area contributed by atoms with E-state index in [1.54, 1.807) is 28.2 Å². The van der Waals surface area contributed by atoms with Crippen LogP contribution in [0.15, 0.2) is 5.38 Å². The summed E-state index contributed by atoms with van der Waals surface area (Å²) in [4.78, 5) is 14.7. The number of rotatable bonds is 2. The number of hydrogen-bond donors (Lipinski definition) is 1. The van der Waals surface area contributed by atoms with Crippen LogP contribution in [-0.2, 0) is 11.2 Å². The molecule has 11 heavy (non-hydrogen) atoms. The Labute approximate surface area is 86.7 Å². The van der Waals surface area contributed by atoms with E-state index >= 15 is 0 Å². The standard InChI is InChI=1S/C5H4ClIN2OS/c6-3-2-11-5(8-3)1-4(10)9-7/h2H,1H2,(H,9,10). The van der Waals surface area contributed by atoms with E-state index in [1.165, 1.54) is 11.3 Å². The van der Waals surface area contributed by atoms with Gasteiger partial charge in [0.2, 0.25) is 5.91 Å². The van der Waals surface area contributed by atoms with E-state index in [0.29, 0.717) is 11.6 Å². The summed E-state index contributed by atoms with van der Waals surface area (Å²) in [6.07, 6.45) is 0.306. The maximum atomic E-state index is 10.8. The van der Waals surface area contributed by atoms with Gasteiger partial charge in [-0.15, -0.1) is 11.3 Å². The maximum Gasteiger partial charge on any atom is 0.235 e. The molecule has 3 nitrogen and oxygen atoms in total. The molecular weight excluding hydrogens is 298 g/mol. The van der Waals surface area contributed by atoms with Crippen molar-refractivity contribution >= 4 is 51.7 Å². The molecule has 60 valence electrons. The summed E-state index contributed by atoms with van der Waals surface area (Å²) in [5, 5.41) is 2.90. The molecule has 0 saturated carbocycles. The zero-order valence-electron chi connectivity index (χ0n) is 5.30. The molecule has 0 saturated heterocycles. The monoisotopic (exact) mass is 302 g/mol. The van der Waals surface area contributed by atoms with Gasteiger partial charge in [-0.3, -0.25) is 8.32 Å². The van der Waals surface area contributed by atoms with Gasteiger partial charge in [0.1, 0.15) is 10.2 Å². The molecule has 0 bridgehead atoms. The van der Waals surface area contributed by atoms with Crippen LogP contribution in [0.25, 0.3) is 0 Å². The lowest BCUT2D eigenvalue weighted by Gasteiger charge is -1.91. The van der Waals surface area contributed by atoms with E-state index in [-0.39, 0.29) is 5.91 Å². The van der Waals surface area contributed by atoms with Crippen molar-refractivity contribution in [1.82, 2.24) is 8.51 Å². The molecule has 1 aromatic rings. The zero-order chi connectivity index (χ0) is 8.27. The predicted octanol–water partition coefficient (Wildman–Crippen LogP) is 1.81. The summed E-state index contributed by atoms with van der Waals surface area (Å²) in [6.45, 7) is 0. The second-order valence-electron chi connectivity index (χ2n) is 1.76. The van der Waals surface area contributed by atoms with Crippen molar-refractivity contribution < 1.29 is 4.79 Å². The van der Waals surface area contributed by atoms with Crippen LogP contribution in [0.2, 0.25) is 5.15 Å². The lowest BCUT2D eigenvalue weighted by molar-refractivity contribution is -0.118. The molecule has 0 radical (unpaired) electrons. The van der Waals surface area contributed by atoms with Crippen LogP contribution in [0.3, 0.4) is 0 Å². The number of nitrogens with one attached hydrogen (secondary N) is 1. The Kier molecular flexibility index (Phi) is 3.53. The molecule has 0 fully saturated rings. The average molecular weight is 303 g/mol. The maximum absolute atomic E-state index is 10.8. The topological polar surface area (TPSA) is 42.0 Å². The highest BCUT2D eigenvalue weighted by atomic mass is 127. The Morgan fingerprint density at radius 3 is 3.09 bits per heavy atom. The van der Waals surface area contributed by atoms with Gasteiger partial charge in [0.15, 0.2) is 0 Å². The molecule has 1 rings (SSSR count). The average Bonchev–Trinajstić information content (AvgIpc) is 2.35. The molecule has 0 aliphatic carbocycles. The van der Waals surface area contributed by atoms with E-state index in [0.717, 1.165) is 5.01 Å². The number of hydrogen-bond acceptors (Lipinski definition) is 3. The first-order chi connectivity index (χ1) is 5.22. The van der Waals surface area contributed by atoms with Crippen LogP contribution in [0.4, 0.5) is 0 Å². The highest BCUT2D eigenvalue weighted by Gasteiger charge is 2.04. The van der Waals surface area contributed by atoms with E-state index in [2.05, 4.69) is 8.51 Å². The zero-order valence-corrected chi connectivity index (χ0v) is 9.03. The summed E-state index contributed by atoms with van der Waals surface area (Å²) in [5.74, 6) is -0.0587. The third kappa shape index (κ3) is 2.92. The Hall–Kier alpha value is 0.120. The fourth-order valence-corrected chi connectivity index (χ4v) is 1.67. The second kappa shape index (κ2) is 4.22. The van der Waals surface area contributed by atoms with Gasteiger partial charge < -0.3 is 0 Å². The van der Waals surface area contributed by atoms with E-state index in [1.807, 2.05) is 0 Å². The summed E-state index contributed by atoms with van der Waals surface area (Å²) in [6, 6.07) is 0. The molecule has 0 aliphatic rings. The number of amides is 1. The minimum Gasteiger partial charge on any atom is -0.298 e. The van der Waals surface area contributed by atoms with Crippen LogP contribution < -0.4 is 3.53 Å². The Morgan fingerprint density at radius 1 is 1.91 bits per heavy atom. The van der Waals surface area contributed by atoms with Gasteiger partial charge in [-0.1, -0.05) is 11.6 Å². The lowest BCUT2D eigenvalue weighted by atomic mass is 10.4. The van der Waals surface area contributed by atoms with E-state index in [4.69, 9.17) is 11.6 Å². The van der Waals surface area contributed by atoms with Crippen molar-refractivity contribution in [2.75, 3.05) is 0 Å². The fraction of sp³-hybridized carbons (Fsp3) is 0.200. The predicted molar refractivity (Wildman–Crippen MR) is 53.0 cm³/mol. The Morgan fingerprint density at radius 2 is 2.64 bits per heavy atom. The van der Waals surface area contributed by atoms with Crippen LogP contribution in [0.1, 0.15) is 5.01 Å².